The van der Waals surface area contributed by atoms with E-state index in [4.69, 9.17) is 37.8 Å². The van der Waals surface area contributed by atoms with Gasteiger partial charge >= 0.3 is 5.97 Å². The van der Waals surface area contributed by atoms with E-state index in [0.29, 0.717) is 52.5 Å². The summed E-state index contributed by atoms with van der Waals surface area (Å²) < 4.78 is 11.3. The van der Waals surface area contributed by atoms with Gasteiger partial charge in [-0.15, -0.1) is 0 Å². The highest BCUT2D eigenvalue weighted by Gasteiger charge is 2.24. The summed E-state index contributed by atoms with van der Waals surface area (Å²) in [6.45, 7) is 4.06. The van der Waals surface area contributed by atoms with Crippen molar-refractivity contribution in [2.24, 2.45) is 0 Å². The van der Waals surface area contributed by atoms with Gasteiger partial charge in [0.1, 0.15) is 5.75 Å². The third-order valence-corrected chi connectivity index (χ3v) is 8.36. The van der Waals surface area contributed by atoms with Crippen LogP contribution < -0.4 is 14.8 Å². The maximum atomic E-state index is 10.9. The van der Waals surface area contributed by atoms with E-state index >= 15 is 0 Å². The zero-order chi connectivity index (χ0) is 31.4. The number of aliphatic hydroxyl groups excluding tert-OH is 1. The Hall–Kier alpha value is -3.73. The van der Waals surface area contributed by atoms with Gasteiger partial charge in [-0.2, -0.15) is 0 Å². The second-order valence-corrected chi connectivity index (χ2v) is 11.5. The lowest BCUT2D eigenvalue weighted by Gasteiger charge is -2.31. The number of β-amino-alcohol motifs (C(OH)–C–C–N with tert-alkyl or cyclic N) is 1. The number of carboxylic acids is 1. The Morgan fingerprint density at radius 3 is 2.57 bits per heavy atom. The van der Waals surface area contributed by atoms with Crippen LogP contribution in [0.4, 0.5) is 0 Å². The number of aliphatic carboxylic acids is 1. The summed E-state index contributed by atoms with van der Waals surface area (Å²) in [7, 11) is 3.18. The van der Waals surface area contributed by atoms with Gasteiger partial charge in [-0.25, -0.2) is 4.98 Å². The molecule has 0 saturated heterocycles. The van der Waals surface area contributed by atoms with Gasteiger partial charge in [0.2, 0.25) is 5.88 Å². The fourth-order valence-corrected chi connectivity index (χ4v) is 6.21. The van der Waals surface area contributed by atoms with Crippen molar-refractivity contribution < 1.29 is 24.5 Å². The van der Waals surface area contributed by atoms with Gasteiger partial charge < -0.3 is 25.0 Å². The predicted octanol–water partition coefficient (Wildman–Crippen LogP) is 5.71. The number of rotatable bonds is 11. The highest BCUT2D eigenvalue weighted by atomic mass is 35.5. The molecular formula is C33H34Cl2N4O5. The molecule has 230 valence electrons. The summed E-state index contributed by atoms with van der Waals surface area (Å²) in [4.78, 5) is 22.4. The SMILES string of the molecule is COc1cc(-c2nccc(-c3cccc(-c4ccc(CNCC(=O)O)c(OC)n4)c3Cl)c2Cl)cc2c1CN(C[C@H](C)O)CC2. The number of aliphatic hydroxyl groups is 1. The number of nitrogens with zero attached hydrogens (tertiary/aromatic N) is 3. The first-order valence-corrected chi connectivity index (χ1v) is 15.0. The second kappa shape index (κ2) is 13.9. The summed E-state index contributed by atoms with van der Waals surface area (Å²) in [5.41, 5.74) is 7.23. The normalized spacial score (nSPS) is 13.8. The molecular weight excluding hydrogens is 603 g/mol. The zero-order valence-corrected chi connectivity index (χ0v) is 26.2. The molecule has 0 radical (unpaired) electrons. The molecule has 0 bridgehead atoms. The lowest BCUT2D eigenvalue weighted by molar-refractivity contribution is -0.136. The molecule has 0 aliphatic carbocycles. The van der Waals surface area contributed by atoms with Crippen LogP contribution in [0.1, 0.15) is 23.6 Å². The molecule has 0 spiro atoms. The molecule has 0 fully saturated rings. The van der Waals surface area contributed by atoms with Crippen LogP contribution in [0.2, 0.25) is 10.0 Å². The molecule has 44 heavy (non-hydrogen) atoms. The van der Waals surface area contributed by atoms with Crippen molar-refractivity contribution in [3.05, 3.63) is 81.5 Å². The molecule has 0 amide bonds. The number of benzene rings is 2. The largest absolute Gasteiger partial charge is 0.496 e. The lowest BCUT2D eigenvalue weighted by atomic mass is 9.93. The molecule has 0 saturated carbocycles. The molecule has 1 aliphatic heterocycles. The monoisotopic (exact) mass is 636 g/mol. The van der Waals surface area contributed by atoms with Crippen LogP contribution in [0.5, 0.6) is 11.6 Å². The van der Waals surface area contributed by atoms with Gasteiger partial charge in [0, 0.05) is 65.8 Å². The van der Waals surface area contributed by atoms with E-state index in [1.807, 2.05) is 42.5 Å². The minimum Gasteiger partial charge on any atom is -0.496 e. The maximum Gasteiger partial charge on any atom is 0.317 e. The Morgan fingerprint density at radius 2 is 1.84 bits per heavy atom. The summed E-state index contributed by atoms with van der Waals surface area (Å²) in [5.74, 6) is 0.195. The first-order valence-electron chi connectivity index (χ1n) is 14.2. The van der Waals surface area contributed by atoms with Gasteiger partial charge in [-0.1, -0.05) is 47.5 Å². The van der Waals surface area contributed by atoms with E-state index in [0.717, 1.165) is 46.5 Å². The van der Waals surface area contributed by atoms with Crippen LogP contribution in [0.3, 0.4) is 0 Å². The second-order valence-electron chi connectivity index (χ2n) is 10.7. The third-order valence-electron chi connectivity index (χ3n) is 7.57. The first kappa shape index (κ1) is 31.7. The van der Waals surface area contributed by atoms with Crippen LogP contribution in [-0.4, -0.2) is 71.0 Å². The maximum absolute atomic E-state index is 10.9. The molecule has 1 atom stereocenters. The average molecular weight is 638 g/mol. The Balaban J connectivity index is 1.49. The smallest absolute Gasteiger partial charge is 0.317 e. The van der Waals surface area contributed by atoms with E-state index in [9.17, 15) is 9.90 Å². The summed E-state index contributed by atoms with van der Waals surface area (Å²) in [5, 5.41) is 22.6. The molecule has 11 heteroatoms. The van der Waals surface area contributed by atoms with Crippen molar-refractivity contribution in [3.63, 3.8) is 0 Å². The van der Waals surface area contributed by atoms with Crippen molar-refractivity contribution >= 4 is 29.2 Å². The van der Waals surface area contributed by atoms with E-state index in [1.165, 1.54) is 12.7 Å². The molecule has 3 heterocycles. The Labute approximate surface area is 266 Å². The molecule has 4 aromatic rings. The summed E-state index contributed by atoms with van der Waals surface area (Å²) >= 11 is 14.1. The molecule has 9 nitrogen and oxygen atoms in total. The molecule has 5 rings (SSSR count). The Kier molecular flexibility index (Phi) is 10.0. The first-order chi connectivity index (χ1) is 21.2. The van der Waals surface area contributed by atoms with Crippen LogP contribution in [-0.2, 0) is 24.3 Å². The van der Waals surface area contributed by atoms with Crippen molar-refractivity contribution in [1.82, 2.24) is 20.2 Å². The van der Waals surface area contributed by atoms with Crippen molar-refractivity contribution in [2.75, 3.05) is 33.9 Å². The molecule has 2 aromatic carbocycles. The van der Waals surface area contributed by atoms with Gasteiger partial charge in [-0.05, 0) is 43.2 Å². The number of nitrogens with one attached hydrogen (secondary N) is 1. The zero-order valence-electron chi connectivity index (χ0n) is 24.7. The van der Waals surface area contributed by atoms with Crippen LogP contribution in [0.15, 0.2) is 54.7 Å². The number of pyridine rings is 2. The van der Waals surface area contributed by atoms with Gasteiger partial charge in [-0.3, -0.25) is 14.7 Å². The lowest BCUT2D eigenvalue weighted by Crippen LogP contribution is -2.35. The Morgan fingerprint density at radius 1 is 1.07 bits per heavy atom. The van der Waals surface area contributed by atoms with Crippen molar-refractivity contribution in [2.45, 2.75) is 32.5 Å². The van der Waals surface area contributed by atoms with E-state index in [1.54, 1.807) is 20.2 Å². The number of halogens is 2. The van der Waals surface area contributed by atoms with E-state index in [2.05, 4.69) is 26.3 Å². The number of fused-ring (bicyclic) bond motifs is 1. The summed E-state index contributed by atoms with van der Waals surface area (Å²) in [6.07, 6.45) is 2.14. The number of hydrogen-bond acceptors (Lipinski definition) is 8. The number of carboxylic acid groups (broad SMARTS) is 1. The highest BCUT2D eigenvalue weighted by molar-refractivity contribution is 6.39. The minimum atomic E-state index is -0.943. The van der Waals surface area contributed by atoms with Crippen molar-refractivity contribution in [3.8, 4) is 45.3 Å². The number of hydrogen-bond donors (Lipinski definition) is 3. The predicted molar refractivity (Wildman–Crippen MR) is 171 cm³/mol. The van der Waals surface area contributed by atoms with Gasteiger partial charge in [0.15, 0.2) is 0 Å². The molecule has 0 unspecified atom stereocenters. The highest BCUT2D eigenvalue weighted by Crippen LogP contribution is 2.43. The number of ether oxygens (including phenoxy) is 2. The molecule has 3 N–H and O–H groups in total. The number of carbonyl (C=O) groups is 1. The number of aromatic nitrogens is 2. The fraction of sp³-hybridized carbons (Fsp3) is 0.303. The van der Waals surface area contributed by atoms with E-state index in [-0.39, 0.29) is 6.54 Å². The standard InChI is InChI=1S/C33H34Cl2N4O5/c1-19(40)17-39-12-10-20-13-22(14-28(43-2)26(20)18-39)32-31(35)24(9-11-37-32)23-5-4-6-25(30(23)34)27-8-7-21(33(38-27)44-3)15-36-16-29(41)42/h4-9,11,13-14,19,36,40H,10,12,15-18H2,1-3H3,(H,41,42)/t19-/m0/s1. The number of methoxy groups -OCH3 is 2. The van der Waals surface area contributed by atoms with Crippen molar-refractivity contribution in [1.29, 1.82) is 0 Å². The van der Waals surface area contributed by atoms with Gasteiger partial charge in [0.05, 0.1) is 48.3 Å². The van der Waals surface area contributed by atoms with Crippen LogP contribution in [0, 0.1) is 0 Å². The minimum absolute atomic E-state index is 0.172. The fourth-order valence-electron chi connectivity index (χ4n) is 5.56. The quantitative estimate of drug-likeness (QED) is 0.190. The molecule has 2 aromatic heterocycles. The average Bonchev–Trinajstić information content (AvgIpc) is 3.00. The Bertz CT molecular complexity index is 1660. The summed E-state index contributed by atoms with van der Waals surface area (Å²) in [6, 6.07) is 15.3. The molecule has 1 aliphatic rings. The van der Waals surface area contributed by atoms with Crippen LogP contribution in [0.25, 0.3) is 33.6 Å². The topological polar surface area (TPSA) is 117 Å². The third kappa shape index (κ3) is 6.82. The van der Waals surface area contributed by atoms with E-state index < -0.39 is 12.1 Å². The van der Waals surface area contributed by atoms with Crippen LogP contribution >= 0.6 is 23.2 Å². The van der Waals surface area contributed by atoms with Gasteiger partial charge in [0.25, 0.3) is 0 Å².